The molecule has 5 nitrogen and oxygen atoms in total. The Morgan fingerprint density at radius 1 is 0.952 bits per heavy atom. The molecule has 5 heteroatoms. The monoisotopic (exact) mass is 580 g/mol. The van der Waals surface area contributed by atoms with Crippen LogP contribution in [0.15, 0.2) is 30.3 Å². The molecule has 1 aliphatic heterocycles. The molecule has 1 N–H and O–H groups in total. The summed E-state index contributed by atoms with van der Waals surface area (Å²) in [5, 5.41) is 11.7. The van der Waals surface area contributed by atoms with E-state index in [-0.39, 0.29) is 64.4 Å². The largest absolute Gasteiger partial charge is 0.385 e. The second kappa shape index (κ2) is 11.1. The molecule has 3 saturated carbocycles. The lowest BCUT2D eigenvalue weighted by Crippen LogP contribution is -2.54. The zero-order valence-electron chi connectivity index (χ0n) is 27.5. The minimum atomic E-state index is -1.06. The number of aliphatic hydroxyl groups excluding tert-OH is 1. The average molecular weight is 581 g/mol. The number of ketones is 2. The SMILES string of the molecule is C[C@H](CCC1OC1(C)C)[C@]1(C)CC[C@@]2(C)CC[C@H]3C(C)(C)[C@H](OCc4ccccc4)CCC3(C)[C@H](CC(=O)[C@H]1O)C2=O. The maximum Gasteiger partial charge on any atom is 0.162 e. The molecule has 1 aromatic rings. The number of hydrogen-bond acceptors (Lipinski definition) is 5. The maximum atomic E-state index is 14.6. The van der Waals surface area contributed by atoms with E-state index < -0.39 is 16.9 Å². The van der Waals surface area contributed by atoms with Gasteiger partial charge in [0.2, 0.25) is 0 Å². The van der Waals surface area contributed by atoms with Crippen molar-refractivity contribution in [3.05, 3.63) is 35.9 Å². The Labute approximate surface area is 254 Å². The van der Waals surface area contributed by atoms with Crippen LogP contribution in [-0.2, 0) is 25.7 Å². The molecule has 2 unspecified atom stereocenters. The fourth-order valence-electron chi connectivity index (χ4n) is 9.48. The number of epoxide rings is 1. The Kier molecular flexibility index (Phi) is 8.42. The third kappa shape index (κ3) is 5.56. The molecule has 234 valence electrons. The van der Waals surface area contributed by atoms with Gasteiger partial charge in [-0.3, -0.25) is 9.59 Å². The van der Waals surface area contributed by atoms with Gasteiger partial charge in [0.25, 0.3) is 0 Å². The summed E-state index contributed by atoms with van der Waals surface area (Å²) >= 11 is 0. The molecule has 1 heterocycles. The molecule has 4 fully saturated rings. The Morgan fingerprint density at radius 2 is 1.62 bits per heavy atom. The van der Waals surface area contributed by atoms with E-state index in [2.05, 4.69) is 67.5 Å². The summed E-state index contributed by atoms with van der Waals surface area (Å²) in [6.45, 7) is 18.2. The average Bonchev–Trinajstić information content (AvgIpc) is 3.58. The minimum Gasteiger partial charge on any atom is -0.385 e. The molecule has 0 amide bonds. The van der Waals surface area contributed by atoms with Gasteiger partial charge in [0.1, 0.15) is 11.9 Å². The van der Waals surface area contributed by atoms with Crippen molar-refractivity contribution in [3.63, 3.8) is 0 Å². The van der Waals surface area contributed by atoms with Gasteiger partial charge in [0.15, 0.2) is 5.78 Å². The van der Waals surface area contributed by atoms with Crippen molar-refractivity contribution in [2.75, 3.05) is 0 Å². The number of hydrogen-bond donors (Lipinski definition) is 1. The predicted molar refractivity (Wildman–Crippen MR) is 166 cm³/mol. The van der Waals surface area contributed by atoms with Crippen molar-refractivity contribution < 1.29 is 24.2 Å². The Bertz CT molecular complexity index is 1160. The molecular weight excluding hydrogens is 524 g/mol. The highest BCUT2D eigenvalue weighted by Gasteiger charge is 2.61. The smallest absolute Gasteiger partial charge is 0.162 e. The van der Waals surface area contributed by atoms with Gasteiger partial charge in [0.05, 0.1) is 24.4 Å². The van der Waals surface area contributed by atoms with Crippen LogP contribution in [0.25, 0.3) is 0 Å². The van der Waals surface area contributed by atoms with Crippen molar-refractivity contribution in [2.45, 2.75) is 144 Å². The van der Waals surface area contributed by atoms with Crippen LogP contribution in [0.2, 0.25) is 0 Å². The molecule has 3 aliphatic carbocycles. The summed E-state index contributed by atoms with van der Waals surface area (Å²) in [5.41, 5.74) is -0.382. The molecule has 1 aromatic carbocycles. The molecule has 2 bridgehead atoms. The van der Waals surface area contributed by atoms with E-state index in [1.807, 2.05) is 18.2 Å². The fraction of sp³-hybridized carbons (Fsp3) is 0.784. The number of benzene rings is 1. The lowest BCUT2D eigenvalue weighted by atomic mass is 9.50. The van der Waals surface area contributed by atoms with Gasteiger partial charge in [-0.25, -0.2) is 0 Å². The van der Waals surface area contributed by atoms with Crippen LogP contribution < -0.4 is 0 Å². The Hall–Kier alpha value is -1.56. The Balaban J connectivity index is 1.39. The number of carbonyl (C=O) groups is 2. The van der Waals surface area contributed by atoms with Crippen LogP contribution in [0, 0.1) is 39.4 Å². The number of ether oxygens (including phenoxy) is 2. The van der Waals surface area contributed by atoms with Crippen molar-refractivity contribution in [1.82, 2.24) is 0 Å². The first-order valence-electron chi connectivity index (χ1n) is 16.6. The highest BCUT2D eigenvalue weighted by atomic mass is 16.6. The third-order valence-electron chi connectivity index (χ3n) is 13.2. The van der Waals surface area contributed by atoms with Crippen molar-refractivity contribution >= 4 is 11.6 Å². The zero-order valence-corrected chi connectivity index (χ0v) is 27.5. The topological polar surface area (TPSA) is 76.1 Å². The van der Waals surface area contributed by atoms with E-state index in [9.17, 15) is 14.7 Å². The van der Waals surface area contributed by atoms with Crippen LogP contribution in [0.5, 0.6) is 0 Å². The fourth-order valence-corrected chi connectivity index (χ4v) is 9.48. The van der Waals surface area contributed by atoms with E-state index in [1.165, 1.54) is 5.56 Å². The quantitative estimate of drug-likeness (QED) is 0.334. The minimum absolute atomic E-state index is 0.0615. The number of fused-ring (bicyclic) bond motifs is 4. The molecule has 42 heavy (non-hydrogen) atoms. The van der Waals surface area contributed by atoms with Gasteiger partial charge < -0.3 is 14.6 Å². The second-order valence-electron chi connectivity index (χ2n) is 16.5. The summed E-state index contributed by atoms with van der Waals surface area (Å²) < 4.78 is 12.4. The van der Waals surface area contributed by atoms with Gasteiger partial charge in [-0.1, -0.05) is 71.9 Å². The number of rotatable bonds is 7. The lowest BCUT2D eigenvalue weighted by molar-refractivity contribution is -0.160. The van der Waals surface area contributed by atoms with Crippen LogP contribution in [0.3, 0.4) is 0 Å². The maximum absolute atomic E-state index is 14.6. The lowest BCUT2D eigenvalue weighted by Gasteiger charge is -2.56. The van der Waals surface area contributed by atoms with Crippen LogP contribution in [0.1, 0.15) is 119 Å². The highest BCUT2D eigenvalue weighted by molar-refractivity contribution is 5.94. The highest BCUT2D eigenvalue weighted by Crippen LogP contribution is 2.63. The summed E-state index contributed by atoms with van der Waals surface area (Å²) in [6, 6.07) is 10.3. The summed E-state index contributed by atoms with van der Waals surface area (Å²) in [6.07, 6.45) is 6.20. The Morgan fingerprint density at radius 3 is 2.26 bits per heavy atom. The van der Waals surface area contributed by atoms with Gasteiger partial charge in [-0.05, 0) is 93.4 Å². The number of aliphatic hydroxyl groups is 1. The summed E-state index contributed by atoms with van der Waals surface area (Å²) in [7, 11) is 0. The molecule has 4 aliphatic rings. The number of carbonyl (C=O) groups excluding carboxylic acids is 2. The van der Waals surface area contributed by atoms with Gasteiger partial charge in [-0.2, -0.15) is 0 Å². The van der Waals surface area contributed by atoms with Crippen LogP contribution in [0.4, 0.5) is 0 Å². The van der Waals surface area contributed by atoms with Crippen LogP contribution >= 0.6 is 0 Å². The first-order chi connectivity index (χ1) is 19.5. The predicted octanol–water partition coefficient (Wildman–Crippen LogP) is 7.71. The van der Waals surface area contributed by atoms with E-state index in [0.717, 1.165) is 44.9 Å². The van der Waals surface area contributed by atoms with Crippen molar-refractivity contribution in [3.8, 4) is 0 Å². The summed E-state index contributed by atoms with van der Waals surface area (Å²) in [5.74, 6) is 0.154. The summed E-state index contributed by atoms with van der Waals surface area (Å²) in [4.78, 5) is 28.6. The molecule has 9 atom stereocenters. The standard InChI is InChI=1S/C37H56O5/c1-24(14-15-30-34(4,5)42-30)36(7)21-20-35(6)18-16-28-33(2,3)29(41-23-25-12-10-9-11-13-25)17-19-37(28,8)26(31(35)39)22-27(38)32(36)40/h9-13,24,26,28-30,32,40H,14-23H2,1-8H3/t24-,26-,28+,29-,30?,32-,35-,36+,37?/m1/s1. The molecule has 1 saturated heterocycles. The zero-order chi connectivity index (χ0) is 30.7. The molecule has 0 spiro atoms. The molecule has 0 aromatic heterocycles. The third-order valence-corrected chi connectivity index (χ3v) is 13.2. The van der Waals surface area contributed by atoms with Gasteiger partial charge >= 0.3 is 0 Å². The molecule has 0 radical (unpaired) electrons. The normalized spacial score (nSPS) is 42.0. The first-order valence-corrected chi connectivity index (χ1v) is 16.6. The molecule has 5 rings (SSSR count). The second-order valence-corrected chi connectivity index (χ2v) is 16.5. The van der Waals surface area contributed by atoms with E-state index in [4.69, 9.17) is 9.47 Å². The van der Waals surface area contributed by atoms with Gasteiger partial charge in [-0.15, -0.1) is 0 Å². The van der Waals surface area contributed by atoms with E-state index in [1.54, 1.807) is 0 Å². The van der Waals surface area contributed by atoms with E-state index >= 15 is 0 Å². The number of Topliss-reactive ketones (excluding diaryl/α,β-unsaturated/α-hetero) is 2. The van der Waals surface area contributed by atoms with Crippen molar-refractivity contribution in [2.24, 2.45) is 39.4 Å². The first kappa shape index (κ1) is 31.9. The van der Waals surface area contributed by atoms with Crippen molar-refractivity contribution in [1.29, 1.82) is 0 Å². The van der Waals surface area contributed by atoms with E-state index in [0.29, 0.717) is 13.0 Å². The van der Waals surface area contributed by atoms with Crippen LogP contribution in [-0.4, -0.2) is 40.6 Å². The molecular formula is C37H56O5. The van der Waals surface area contributed by atoms with Gasteiger partial charge in [0, 0.05) is 23.2 Å².